The number of hydrogen-bond acceptors (Lipinski definition) is 4. The van der Waals surface area contributed by atoms with Gasteiger partial charge in [0.25, 0.3) is 0 Å². The minimum absolute atomic E-state index is 0. The van der Waals surface area contributed by atoms with Gasteiger partial charge < -0.3 is 15.2 Å². The van der Waals surface area contributed by atoms with Crippen LogP contribution in [0.3, 0.4) is 0 Å². The van der Waals surface area contributed by atoms with E-state index in [0.29, 0.717) is 24.3 Å². The smallest absolute Gasteiger partial charge is 0.162 e. The Kier molecular flexibility index (Phi) is 10.1. The van der Waals surface area contributed by atoms with Crippen LogP contribution in [0.5, 0.6) is 5.75 Å². The molecule has 0 bridgehead atoms. The van der Waals surface area contributed by atoms with Crippen molar-refractivity contribution in [3.63, 3.8) is 0 Å². The van der Waals surface area contributed by atoms with E-state index in [1.54, 1.807) is 24.3 Å². The molecule has 0 aliphatic rings. The third kappa shape index (κ3) is 7.33. The molecule has 0 saturated heterocycles. The minimum Gasteiger partial charge on any atom is -0.491 e. The highest BCUT2D eigenvalue weighted by molar-refractivity contribution is 5.95. The molecule has 0 heterocycles. The molecule has 0 aliphatic heterocycles. The molecule has 0 fully saturated rings. The van der Waals surface area contributed by atoms with Gasteiger partial charge in [0.05, 0.1) is 0 Å². The summed E-state index contributed by atoms with van der Waals surface area (Å²) in [5, 5.41) is 13.5. The molecule has 5 heteroatoms. The van der Waals surface area contributed by atoms with Gasteiger partial charge in [-0.25, -0.2) is 0 Å². The van der Waals surface area contributed by atoms with Crippen LogP contribution in [0.25, 0.3) is 0 Å². The van der Waals surface area contributed by atoms with Crippen LogP contribution in [-0.4, -0.2) is 30.1 Å². The molecule has 2 N–H and O–H groups in total. The number of rotatable bonds is 10. The number of carbonyl (C=O) groups excluding carboxylic acids is 1. The van der Waals surface area contributed by atoms with Crippen molar-refractivity contribution in [1.82, 2.24) is 5.32 Å². The fourth-order valence-corrected chi connectivity index (χ4v) is 2.67. The Hall–Kier alpha value is -1.88. The van der Waals surface area contributed by atoms with E-state index in [2.05, 4.69) is 43.4 Å². The first-order valence-corrected chi connectivity index (χ1v) is 9.29. The molecule has 27 heavy (non-hydrogen) atoms. The average Bonchev–Trinajstić information content (AvgIpc) is 2.70. The molecule has 2 atom stereocenters. The maximum atomic E-state index is 11.6. The maximum Gasteiger partial charge on any atom is 0.162 e. The Morgan fingerprint density at radius 3 is 2.26 bits per heavy atom. The second-order valence-corrected chi connectivity index (χ2v) is 6.49. The number of ketones is 1. The van der Waals surface area contributed by atoms with Gasteiger partial charge in [-0.05, 0) is 48.7 Å². The highest BCUT2D eigenvalue weighted by Gasteiger charge is 2.10. The fourth-order valence-electron chi connectivity index (χ4n) is 2.67. The van der Waals surface area contributed by atoms with Crippen LogP contribution in [-0.2, 0) is 6.42 Å². The zero-order valence-corrected chi connectivity index (χ0v) is 17.1. The van der Waals surface area contributed by atoms with Crippen LogP contribution in [0.4, 0.5) is 0 Å². The molecule has 0 amide bonds. The van der Waals surface area contributed by atoms with Gasteiger partial charge in [0.15, 0.2) is 5.78 Å². The number of carbonyl (C=O) groups is 1. The number of benzene rings is 2. The largest absolute Gasteiger partial charge is 0.491 e. The molecule has 0 aromatic heterocycles. The SMILES string of the molecule is CCC(=O)c1ccc(OCC(O)CNC(C)c2ccc(CC)cc2)cc1.Cl. The summed E-state index contributed by atoms with van der Waals surface area (Å²) in [6, 6.07) is 15.7. The standard InChI is InChI=1S/C22H29NO3.ClH/c1-4-17-6-8-18(9-7-17)16(3)23-14-20(24)15-26-21-12-10-19(11-13-21)22(25)5-2;/h6-13,16,20,23-24H,4-5,14-15H2,1-3H3;1H. The van der Waals surface area contributed by atoms with Gasteiger partial charge in [0, 0.05) is 24.6 Å². The Bertz CT molecular complexity index is 686. The van der Waals surface area contributed by atoms with Gasteiger partial charge in [0.1, 0.15) is 18.5 Å². The molecule has 0 aliphatic carbocycles. The number of ether oxygens (including phenoxy) is 1. The lowest BCUT2D eigenvalue weighted by Gasteiger charge is -2.18. The quantitative estimate of drug-likeness (QED) is 0.591. The van der Waals surface area contributed by atoms with Crippen molar-refractivity contribution < 1.29 is 14.6 Å². The van der Waals surface area contributed by atoms with Crippen LogP contribution < -0.4 is 10.1 Å². The highest BCUT2D eigenvalue weighted by atomic mass is 35.5. The van der Waals surface area contributed by atoms with Crippen LogP contribution in [0.1, 0.15) is 54.7 Å². The van der Waals surface area contributed by atoms with Crippen LogP contribution in [0.2, 0.25) is 0 Å². The molecule has 0 spiro atoms. The zero-order valence-electron chi connectivity index (χ0n) is 16.3. The second-order valence-electron chi connectivity index (χ2n) is 6.49. The van der Waals surface area contributed by atoms with Crippen molar-refractivity contribution in [1.29, 1.82) is 0 Å². The Morgan fingerprint density at radius 1 is 1.07 bits per heavy atom. The Morgan fingerprint density at radius 2 is 1.70 bits per heavy atom. The van der Waals surface area contributed by atoms with Crippen molar-refractivity contribution in [3.8, 4) is 5.75 Å². The molecule has 148 valence electrons. The van der Waals surface area contributed by atoms with E-state index < -0.39 is 6.10 Å². The number of aliphatic hydroxyl groups excluding tert-OH is 1. The summed E-state index contributed by atoms with van der Waals surface area (Å²) in [6.07, 6.45) is 0.916. The highest BCUT2D eigenvalue weighted by Crippen LogP contribution is 2.15. The van der Waals surface area contributed by atoms with Crippen LogP contribution >= 0.6 is 12.4 Å². The topological polar surface area (TPSA) is 58.6 Å². The first kappa shape index (κ1) is 23.2. The van der Waals surface area contributed by atoms with Gasteiger partial charge in [-0.3, -0.25) is 4.79 Å². The fraction of sp³-hybridized carbons (Fsp3) is 0.409. The summed E-state index contributed by atoms with van der Waals surface area (Å²) in [4.78, 5) is 11.6. The molecule has 2 aromatic carbocycles. The molecule has 4 nitrogen and oxygen atoms in total. The molecule has 2 unspecified atom stereocenters. The van der Waals surface area contributed by atoms with Gasteiger partial charge in [-0.1, -0.05) is 38.1 Å². The predicted molar refractivity (Wildman–Crippen MR) is 112 cm³/mol. The summed E-state index contributed by atoms with van der Waals surface area (Å²) in [5.74, 6) is 0.765. The summed E-state index contributed by atoms with van der Waals surface area (Å²) in [5.41, 5.74) is 3.21. The normalized spacial score (nSPS) is 12.7. The molecule has 2 rings (SSSR count). The Balaban J connectivity index is 0.00000364. The summed E-state index contributed by atoms with van der Waals surface area (Å²) < 4.78 is 5.60. The summed E-state index contributed by atoms with van der Waals surface area (Å²) >= 11 is 0. The summed E-state index contributed by atoms with van der Waals surface area (Å²) in [6.45, 7) is 6.72. The lowest BCUT2D eigenvalue weighted by atomic mass is 10.0. The van der Waals surface area contributed by atoms with E-state index >= 15 is 0 Å². The number of hydrogen-bond donors (Lipinski definition) is 2. The van der Waals surface area contributed by atoms with E-state index in [4.69, 9.17) is 4.74 Å². The first-order chi connectivity index (χ1) is 12.5. The maximum absolute atomic E-state index is 11.6. The van der Waals surface area contributed by atoms with E-state index in [9.17, 15) is 9.90 Å². The molecular weight excluding hydrogens is 362 g/mol. The number of nitrogens with one attached hydrogen (secondary N) is 1. The second kappa shape index (κ2) is 11.8. The van der Waals surface area contributed by atoms with E-state index in [1.165, 1.54) is 11.1 Å². The van der Waals surface area contributed by atoms with E-state index in [1.807, 2.05) is 6.92 Å². The van der Waals surface area contributed by atoms with Crippen LogP contribution in [0.15, 0.2) is 48.5 Å². The average molecular weight is 392 g/mol. The summed E-state index contributed by atoms with van der Waals surface area (Å²) in [7, 11) is 0. The van der Waals surface area contributed by atoms with Crippen molar-refractivity contribution >= 4 is 18.2 Å². The number of aryl methyl sites for hydroxylation is 1. The van der Waals surface area contributed by atoms with Gasteiger partial charge in [-0.15, -0.1) is 12.4 Å². The lowest BCUT2D eigenvalue weighted by Crippen LogP contribution is -2.33. The Labute approximate surface area is 168 Å². The third-order valence-corrected chi connectivity index (χ3v) is 4.49. The number of aliphatic hydroxyl groups is 1. The molecule has 0 radical (unpaired) electrons. The van der Waals surface area contributed by atoms with Gasteiger partial charge in [-0.2, -0.15) is 0 Å². The molecule has 2 aromatic rings. The monoisotopic (exact) mass is 391 g/mol. The minimum atomic E-state index is -0.607. The first-order valence-electron chi connectivity index (χ1n) is 9.29. The van der Waals surface area contributed by atoms with Crippen molar-refractivity contribution in [3.05, 3.63) is 65.2 Å². The third-order valence-electron chi connectivity index (χ3n) is 4.49. The molecule has 0 saturated carbocycles. The zero-order chi connectivity index (χ0) is 18.9. The van der Waals surface area contributed by atoms with E-state index in [-0.39, 0.29) is 30.8 Å². The van der Waals surface area contributed by atoms with Crippen LogP contribution in [0, 0.1) is 0 Å². The van der Waals surface area contributed by atoms with Gasteiger partial charge in [0.2, 0.25) is 0 Å². The predicted octanol–water partition coefficient (Wildman–Crippen LogP) is 4.35. The van der Waals surface area contributed by atoms with Gasteiger partial charge >= 0.3 is 0 Å². The lowest BCUT2D eigenvalue weighted by molar-refractivity contribution is 0.0986. The van der Waals surface area contributed by atoms with E-state index in [0.717, 1.165) is 6.42 Å². The molecular formula is C22H30ClNO3. The van der Waals surface area contributed by atoms with Crippen molar-refractivity contribution in [2.24, 2.45) is 0 Å². The van der Waals surface area contributed by atoms with Crippen molar-refractivity contribution in [2.75, 3.05) is 13.2 Å². The number of Topliss-reactive ketones (excluding diaryl/α,β-unsaturated/α-hetero) is 1. The number of halogens is 1. The van der Waals surface area contributed by atoms with Crippen molar-refractivity contribution in [2.45, 2.75) is 45.8 Å².